The number of benzene rings is 1. The Bertz CT molecular complexity index is 255. The molecule has 0 aliphatic carbocycles. The minimum absolute atomic E-state index is 0.743. The standard InChI is InChI=1S/C8H9NS/c1-2-6-5-7(9)3-4-8(6)10/h2-5,10H,1,9H2. The molecule has 1 rings (SSSR count). The molecule has 0 amide bonds. The van der Waals surface area contributed by atoms with Gasteiger partial charge in [0.25, 0.3) is 0 Å². The van der Waals surface area contributed by atoms with Crippen molar-refractivity contribution >= 4 is 24.4 Å². The first-order valence-electron chi connectivity index (χ1n) is 2.95. The molecular weight excluding hydrogens is 142 g/mol. The van der Waals surface area contributed by atoms with E-state index in [1.54, 1.807) is 6.08 Å². The zero-order valence-corrected chi connectivity index (χ0v) is 6.44. The highest BCUT2D eigenvalue weighted by molar-refractivity contribution is 7.80. The molecule has 52 valence electrons. The molecule has 0 aromatic heterocycles. The molecule has 0 heterocycles. The van der Waals surface area contributed by atoms with Gasteiger partial charge in [-0.1, -0.05) is 12.7 Å². The minimum atomic E-state index is 0.743. The second-order valence-corrected chi connectivity index (χ2v) is 2.50. The van der Waals surface area contributed by atoms with Crippen LogP contribution in [0.4, 0.5) is 5.69 Å². The van der Waals surface area contributed by atoms with E-state index in [9.17, 15) is 0 Å². The van der Waals surface area contributed by atoms with Crippen LogP contribution in [0.15, 0.2) is 29.7 Å². The number of hydrogen-bond acceptors (Lipinski definition) is 2. The highest BCUT2D eigenvalue weighted by Crippen LogP contribution is 2.17. The second kappa shape index (κ2) is 2.80. The summed E-state index contributed by atoms with van der Waals surface area (Å²) in [7, 11) is 0. The fourth-order valence-electron chi connectivity index (χ4n) is 0.736. The molecule has 10 heavy (non-hydrogen) atoms. The van der Waals surface area contributed by atoms with E-state index >= 15 is 0 Å². The van der Waals surface area contributed by atoms with Crippen LogP contribution < -0.4 is 5.73 Å². The van der Waals surface area contributed by atoms with Gasteiger partial charge in [-0.2, -0.15) is 0 Å². The molecule has 1 nitrogen and oxygen atoms in total. The van der Waals surface area contributed by atoms with Crippen molar-refractivity contribution in [2.24, 2.45) is 0 Å². The van der Waals surface area contributed by atoms with Crippen LogP contribution in [0.3, 0.4) is 0 Å². The van der Waals surface area contributed by atoms with Gasteiger partial charge in [-0.3, -0.25) is 0 Å². The highest BCUT2D eigenvalue weighted by Gasteiger charge is 1.92. The number of nitrogens with two attached hydrogens (primary N) is 1. The Morgan fingerprint density at radius 2 is 2.20 bits per heavy atom. The van der Waals surface area contributed by atoms with Crippen LogP contribution in [0, 0.1) is 0 Å². The van der Waals surface area contributed by atoms with Crippen molar-refractivity contribution < 1.29 is 0 Å². The lowest BCUT2D eigenvalue weighted by Crippen LogP contribution is -1.85. The zero-order valence-electron chi connectivity index (χ0n) is 5.54. The molecule has 0 fully saturated rings. The van der Waals surface area contributed by atoms with E-state index in [4.69, 9.17) is 5.73 Å². The zero-order chi connectivity index (χ0) is 7.56. The summed E-state index contributed by atoms with van der Waals surface area (Å²) in [4.78, 5) is 0.907. The molecule has 2 N–H and O–H groups in total. The minimum Gasteiger partial charge on any atom is -0.399 e. The number of nitrogen functional groups attached to an aromatic ring is 1. The third kappa shape index (κ3) is 1.33. The molecule has 0 radical (unpaired) electrons. The lowest BCUT2D eigenvalue weighted by Gasteiger charge is -1.98. The third-order valence-electron chi connectivity index (χ3n) is 1.27. The number of rotatable bonds is 1. The van der Waals surface area contributed by atoms with Gasteiger partial charge in [-0.05, 0) is 23.8 Å². The number of hydrogen-bond donors (Lipinski definition) is 2. The Morgan fingerprint density at radius 3 is 2.70 bits per heavy atom. The molecule has 0 bridgehead atoms. The Hall–Kier alpha value is -0.890. The van der Waals surface area contributed by atoms with Crippen molar-refractivity contribution in [1.82, 2.24) is 0 Å². The average molecular weight is 151 g/mol. The van der Waals surface area contributed by atoms with Gasteiger partial charge in [0.15, 0.2) is 0 Å². The molecule has 0 saturated carbocycles. The lowest BCUT2D eigenvalue weighted by molar-refractivity contribution is 1.44. The van der Waals surface area contributed by atoms with Crippen molar-refractivity contribution in [3.63, 3.8) is 0 Å². The van der Waals surface area contributed by atoms with Gasteiger partial charge >= 0.3 is 0 Å². The normalized spacial score (nSPS) is 9.30. The van der Waals surface area contributed by atoms with Crippen LogP contribution in [-0.2, 0) is 0 Å². The first-order chi connectivity index (χ1) is 4.74. The Morgan fingerprint density at radius 1 is 1.50 bits per heavy atom. The van der Waals surface area contributed by atoms with Crippen LogP contribution in [0.25, 0.3) is 6.08 Å². The van der Waals surface area contributed by atoms with Crippen LogP contribution in [0.1, 0.15) is 5.56 Å². The van der Waals surface area contributed by atoms with Gasteiger partial charge in [0, 0.05) is 10.6 Å². The van der Waals surface area contributed by atoms with E-state index < -0.39 is 0 Å². The van der Waals surface area contributed by atoms with Gasteiger partial charge in [-0.15, -0.1) is 12.6 Å². The number of anilines is 1. The van der Waals surface area contributed by atoms with E-state index in [1.165, 1.54) is 0 Å². The molecule has 0 unspecified atom stereocenters. The van der Waals surface area contributed by atoms with Crippen molar-refractivity contribution in [3.8, 4) is 0 Å². The fourth-order valence-corrected chi connectivity index (χ4v) is 0.967. The van der Waals surface area contributed by atoms with E-state index in [-0.39, 0.29) is 0 Å². The van der Waals surface area contributed by atoms with E-state index in [0.717, 1.165) is 16.1 Å². The van der Waals surface area contributed by atoms with Gasteiger partial charge < -0.3 is 5.73 Å². The van der Waals surface area contributed by atoms with Crippen molar-refractivity contribution in [2.75, 3.05) is 5.73 Å². The van der Waals surface area contributed by atoms with Crippen LogP contribution in [-0.4, -0.2) is 0 Å². The Balaban J connectivity index is 3.21. The maximum absolute atomic E-state index is 5.52. The van der Waals surface area contributed by atoms with Gasteiger partial charge in [0.2, 0.25) is 0 Å². The van der Waals surface area contributed by atoms with Crippen LogP contribution >= 0.6 is 12.6 Å². The van der Waals surface area contributed by atoms with E-state index in [0.29, 0.717) is 0 Å². The Kier molecular flexibility index (Phi) is 2.02. The maximum atomic E-state index is 5.52. The molecule has 0 aliphatic rings. The summed E-state index contributed by atoms with van der Waals surface area (Å²) in [6.45, 7) is 3.63. The summed E-state index contributed by atoms with van der Waals surface area (Å²) in [5.74, 6) is 0. The molecule has 0 atom stereocenters. The van der Waals surface area contributed by atoms with Gasteiger partial charge in [-0.25, -0.2) is 0 Å². The molecule has 0 aliphatic heterocycles. The molecule has 1 aromatic rings. The monoisotopic (exact) mass is 151 g/mol. The first-order valence-corrected chi connectivity index (χ1v) is 3.39. The predicted octanol–water partition coefficient (Wildman–Crippen LogP) is 2.20. The molecule has 2 heteroatoms. The number of thiol groups is 1. The molecule has 0 saturated heterocycles. The maximum Gasteiger partial charge on any atom is 0.0320 e. The summed E-state index contributed by atoms with van der Waals surface area (Å²) in [6.07, 6.45) is 1.73. The first kappa shape index (κ1) is 7.22. The SMILES string of the molecule is C=Cc1cc(N)ccc1S. The van der Waals surface area contributed by atoms with Crippen molar-refractivity contribution in [3.05, 3.63) is 30.3 Å². The van der Waals surface area contributed by atoms with Crippen molar-refractivity contribution in [2.45, 2.75) is 4.90 Å². The van der Waals surface area contributed by atoms with Crippen LogP contribution in [0.2, 0.25) is 0 Å². The largest absolute Gasteiger partial charge is 0.399 e. The summed E-state index contributed by atoms with van der Waals surface area (Å²) < 4.78 is 0. The fraction of sp³-hybridized carbons (Fsp3) is 0. The smallest absolute Gasteiger partial charge is 0.0320 e. The average Bonchev–Trinajstić information content (AvgIpc) is 1.94. The predicted molar refractivity (Wildman–Crippen MR) is 48.2 cm³/mol. The highest BCUT2D eigenvalue weighted by atomic mass is 32.1. The summed E-state index contributed by atoms with van der Waals surface area (Å²) >= 11 is 4.20. The van der Waals surface area contributed by atoms with Crippen LogP contribution in [0.5, 0.6) is 0 Å². The Labute approximate surface area is 66.0 Å². The van der Waals surface area contributed by atoms with Gasteiger partial charge in [0.1, 0.15) is 0 Å². The lowest BCUT2D eigenvalue weighted by atomic mass is 10.2. The van der Waals surface area contributed by atoms with Gasteiger partial charge in [0.05, 0.1) is 0 Å². The molecule has 1 aromatic carbocycles. The molecule has 0 spiro atoms. The summed E-state index contributed by atoms with van der Waals surface area (Å²) in [6, 6.07) is 5.51. The third-order valence-corrected chi connectivity index (χ3v) is 1.68. The summed E-state index contributed by atoms with van der Waals surface area (Å²) in [5.41, 5.74) is 7.24. The van der Waals surface area contributed by atoms with E-state index in [2.05, 4.69) is 19.2 Å². The molecular formula is C8H9NS. The second-order valence-electron chi connectivity index (χ2n) is 2.02. The topological polar surface area (TPSA) is 26.0 Å². The summed E-state index contributed by atoms with van der Waals surface area (Å²) in [5, 5.41) is 0. The van der Waals surface area contributed by atoms with E-state index in [1.807, 2.05) is 18.2 Å². The van der Waals surface area contributed by atoms with Crippen molar-refractivity contribution in [1.29, 1.82) is 0 Å². The quantitative estimate of drug-likeness (QED) is 0.467.